The molecule has 0 spiro atoms. The number of aromatic hydroxyl groups is 1. The van der Waals surface area contributed by atoms with E-state index in [-0.39, 0.29) is 35.2 Å². The number of hydrogen-bond acceptors (Lipinski definition) is 4. The number of ketones is 1. The van der Waals surface area contributed by atoms with Gasteiger partial charge >= 0.3 is 0 Å². The lowest BCUT2D eigenvalue weighted by Gasteiger charge is -2.08. The first kappa shape index (κ1) is 16.1. The number of phenols is 1. The molecule has 0 aliphatic heterocycles. The third kappa shape index (κ3) is 3.15. The van der Waals surface area contributed by atoms with Crippen molar-refractivity contribution in [1.82, 2.24) is 0 Å². The van der Waals surface area contributed by atoms with Gasteiger partial charge in [-0.25, -0.2) is 0 Å². The van der Waals surface area contributed by atoms with Crippen molar-refractivity contribution in [3.8, 4) is 11.5 Å². The van der Waals surface area contributed by atoms with Gasteiger partial charge in [-0.1, -0.05) is 11.6 Å². The van der Waals surface area contributed by atoms with E-state index in [1.54, 1.807) is 31.4 Å². The van der Waals surface area contributed by atoms with Gasteiger partial charge in [-0.3, -0.25) is 4.79 Å². The zero-order chi connectivity index (χ0) is 14.0. The van der Waals surface area contributed by atoms with Crippen LogP contribution in [0.3, 0.4) is 0 Å². The van der Waals surface area contributed by atoms with Gasteiger partial charge in [-0.05, 0) is 36.4 Å². The number of carbonyl (C=O) groups excluding carboxylic acids is 1. The highest BCUT2D eigenvalue weighted by molar-refractivity contribution is 6.31. The highest BCUT2D eigenvalue weighted by Crippen LogP contribution is 2.31. The smallest absolute Gasteiger partial charge is 0.196 e. The number of nitrogens with two attached hydrogens (primary N) is 1. The fraction of sp³-hybridized carbons (Fsp3) is 0.0714. The highest BCUT2D eigenvalue weighted by Gasteiger charge is 2.16. The van der Waals surface area contributed by atoms with Crippen molar-refractivity contribution in [3.05, 3.63) is 52.5 Å². The number of methoxy groups -OCH3 is 1. The fourth-order valence-electron chi connectivity index (χ4n) is 1.69. The Bertz CT molecular complexity index is 627. The van der Waals surface area contributed by atoms with Crippen LogP contribution in [-0.2, 0) is 0 Å². The normalized spacial score (nSPS) is 9.70. The van der Waals surface area contributed by atoms with Gasteiger partial charge < -0.3 is 15.6 Å². The molecule has 6 heteroatoms. The van der Waals surface area contributed by atoms with Crippen LogP contribution in [0.2, 0.25) is 5.02 Å². The van der Waals surface area contributed by atoms with Crippen LogP contribution >= 0.6 is 24.0 Å². The lowest BCUT2D eigenvalue weighted by molar-refractivity contribution is 0.103. The van der Waals surface area contributed by atoms with Crippen LogP contribution in [0.4, 0.5) is 5.69 Å². The average Bonchev–Trinajstić information content (AvgIpc) is 2.42. The molecule has 20 heavy (non-hydrogen) atoms. The molecular formula is C14H13Cl2NO3. The molecule has 0 unspecified atom stereocenters. The molecule has 0 bridgehead atoms. The molecule has 0 radical (unpaired) electrons. The highest BCUT2D eigenvalue weighted by atomic mass is 35.5. The number of anilines is 1. The minimum atomic E-state index is -0.352. The molecule has 0 saturated carbocycles. The molecule has 0 aliphatic rings. The molecule has 0 heterocycles. The largest absolute Gasteiger partial charge is 0.505 e. The Hall–Kier alpha value is -1.91. The summed E-state index contributed by atoms with van der Waals surface area (Å²) in [5, 5.41) is 10.1. The zero-order valence-electron chi connectivity index (χ0n) is 10.6. The van der Waals surface area contributed by atoms with E-state index in [1.807, 2.05) is 0 Å². The number of phenolic OH excluding ortho intramolecular Hbond substituents is 1. The van der Waals surface area contributed by atoms with Crippen molar-refractivity contribution < 1.29 is 14.6 Å². The Morgan fingerprint density at radius 2 is 1.85 bits per heavy atom. The van der Waals surface area contributed by atoms with Crippen LogP contribution in [0.25, 0.3) is 0 Å². The second kappa shape index (κ2) is 6.50. The summed E-state index contributed by atoms with van der Waals surface area (Å²) in [6.07, 6.45) is 0. The van der Waals surface area contributed by atoms with Crippen LogP contribution in [0, 0.1) is 0 Å². The molecule has 0 fully saturated rings. The fourth-order valence-corrected chi connectivity index (χ4v) is 1.92. The summed E-state index contributed by atoms with van der Waals surface area (Å²) in [7, 11) is 1.54. The molecule has 0 aliphatic carbocycles. The molecule has 0 atom stereocenters. The van der Waals surface area contributed by atoms with Gasteiger partial charge in [-0.15, -0.1) is 12.4 Å². The number of hydrogen-bond donors (Lipinski definition) is 2. The average molecular weight is 314 g/mol. The third-order valence-corrected chi connectivity index (χ3v) is 2.92. The summed E-state index contributed by atoms with van der Waals surface area (Å²) in [4.78, 5) is 12.3. The van der Waals surface area contributed by atoms with E-state index in [1.165, 1.54) is 12.1 Å². The number of ether oxygens (including phenoxy) is 1. The van der Waals surface area contributed by atoms with Crippen LogP contribution in [0.1, 0.15) is 15.9 Å². The van der Waals surface area contributed by atoms with Crippen molar-refractivity contribution >= 4 is 35.5 Å². The maximum Gasteiger partial charge on any atom is 0.196 e. The predicted octanol–water partition coefficient (Wildman–Crippen LogP) is 3.29. The minimum Gasteiger partial charge on any atom is -0.505 e. The predicted molar refractivity (Wildman–Crippen MR) is 81.2 cm³/mol. The van der Waals surface area contributed by atoms with E-state index in [4.69, 9.17) is 22.1 Å². The summed E-state index contributed by atoms with van der Waals surface area (Å²) in [5.41, 5.74) is 6.14. The molecule has 0 aromatic heterocycles. The molecule has 2 aromatic carbocycles. The third-order valence-electron chi connectivity index (χ3n) is 2.70. The van der Waals surface area contributed by atoms with Gasteiger partial charge in [0.2, 0.25) is 0 Å². The SMILES string of the molecule is COc1ccc(C(=O)c2cc(Cl)cc(N)c2O)cc1.Cl. The Morgan fingerprint density at radius 1 is 1.25 bits per heavy atom. The molecular weight excluding hydrogens is 301 g/mol. The molecule has 106 valence electrons. The molecule has 0 amide bonds. The maximum atomic E-state index is 12.3. The van der Waals surface area contributed by atoms with Gasteiger partial charge in [0.1, 0.15) is 11.5 Å². The van der Waals surface area contributed by atoms with Crippen LogP contribution in [-0.4, -0.2) is 18.0 Å². The quantitative estimate of drug-likeness (QED) is 0.518. The Morgan fingerprint density at radius 3 is 2.40 bits per heavy atom. The molecule has 2 aromatic rings. The molecule has 2 rings (SSSR count). The van der Waals surface area contributed by atoms with Gasteiger partial charge in [0.15, 0.2) is 5.78 Å². The lowest BCUT2D eigenvalue weighted by atomic mass is 10.0. The van der Waals surface area contributed by atoms with E-state index in [9.17, 15) is 9.90 Å². The Labute approximate surface area is 127 Å². The number of halogens is 2. The first-order valence-corrected chi connectivity index (χ1v) is 5.87. The first-order chi connectivity index (χ1) is 9.02. The number of nitrogen functional groups attached to an aromatic ring is 1. The van der Waals surface area contributed by atoms with Crippen molar-refractivity contribution in [2.75, 3.05) is 12.8 Å². The minimum absolute atomic E-state index is 0. The standard InChI is InChI=1S/C14H12ClNO3.ClH/c1-19-10-4-2-8(3-5-10)13(17)11-6-9(15)7-12(16)14(11)18;/h2-7,18H,16H2,1H3;1H. The monoisotopic (exact) mass is 313 g/mol. The van der Waals surface area contributed by atoms with E-state index >= 15 is 0 Å². The zero-order valence-corrected chi connectivity index (χ0v) is 12.2. The van der Waals surface area contributed by atoms with Gasteiger partial charge in [0.05, 0.1) is 18.4 Å². The summed E-state index contributed by atoms with van der Waals surface area (Å²) in [5.74, 6) is 0.0333. The van der Waals surface area contributed by atoms with E-state index < -0.39 is 0 Å². The topological polar surface area (TPSA) is 72.5 Å². The van der Waals surface area contributed by atoms with Crippen LogP contribution in [0.5, 0.6) is 11.5 Å². The number of rotatable bonds is 3. The van der Waals surface area contributed by atoms with Crippen molar-refractivity contribution in [2.24, 2.45) is 0 Å². The summed E-state index contributed by atoms with van der Waals surface area (Å²) in [6, 6.07) is 9.33. The molecule has 3 N–H and O–H groups in total. The second-order valence-corrected chi connectivity index (χ2v) is 4.39. The van der Waals surface area contributed by atoms with Crippen molar-refractivity contribution in [2.45, 2.75) is 0 Å². The van der Waals surface area contributed by atoms with Crippen LogP contribution in [0.15, 0.2) is 36.4 Å². The lowest BCUT2D eigenvalue weighted by Crippen LogP contribution is -2.03. The van der Waals surface area contributed by atoms with Gasteiger partial charge in [-0.2, -0.15) is 0 Å². The summed E-state index contributed by atoms with van der Waals surface area (Å²) >= 11 is 5.84. The van der Waals surface area contributed by atoms with E-state index in [0.29, 0.717) is 16.3 Å². The Kier molecular flexibility index (Phi) is 5.25. The number of benzene rings is 2. The van der Waals surface area contributed by atoms with Crippen molar-refractivity contribution in [1.29, 1.82) is 0 Å². The van der Waals surface area contributed by atoms with Gasteiger partial charge in [0.25, 0.3) is 0 Å². The van der Waals surface area contributed by atoms with E-state index in [0.717, 1.165) is 0 Å². The van der Waals surface area contributed by atoms with Crippen LogP contribution < -0.4 is 10.5 Å². The summed E-state index contributed by atoms with van der Waals surface area (Å²) in [6.45, 7) is 0. The molecule has 4 nitrogen and oxygen atoms in total. The van der Waals surface area contributed by atoms with E-state index in [2.05, 4.69) is 0 Å². The van der Waals surface area contributed by atoms with Gasteiger partial charge in [0, 0.05) is 10.6 Å². The number of carbonyl (C=O) groups is 1. The second-order valence-electron chi connectivity index (χ2n) is 3.95. The first-order valence-electron chi connectivity index (χ1n) is 5.49. The molecule has 0 saturated heterocycles. The summed E-state index contributed by atoms with van der Waals surface area (Å²) < 4.78 is 5.01. The maximum absolute atomic E-state index is 12.3. The Balaban J connectivity index is 0.00000200. The van der Waals surface area contributed by atoms with Crippen molar-refractivity contribution in [3.63, 3.8) is 0 Å².